The topological polar surface area (TPSA) is 59.8 Å². The van der Waals surface area contributed by atoms with Crippen molar-refractivity contribution in [1.29, 1.82) is 0 Å². The van der Waals surface area contributed by atoms with Gasteiger partial charge in [0.05, 0.1) is 0 Å². The summed E-state index contributed by atoms with van der Waals surface area (Å²) < 4.78 is 2.06. The molecule has 128 valence electrons. The number of hydrogen-bond acceptors (Lipinski definition) is 3. The molecule has 0 fully saturated rings. The van der Waals surface area contributed by atoms with Gasteiger partial charge in [-0.05, 0) is 43.3 Å². The van der Waals surface area contributed by atoms with Crippen LogP contribution in [0.25, 0.3) is 22.6 Å². The van der Waals surface area contributed by atoms with Crippen molar-refractivity contribution in [3.8, 4) is 11.4 Å². The number of nitrogens with zero attached hydrogens (tertiary/aromatic N) is 3. The monoisotopic (exact) mass is 342 g/mol. The Labute approximate surface area is 151 Å². The Morgan fingerprint density at radius 2 is 1.88 bits per heavy atom. The van der Waals surface area contributed by atoms with Crippen LogP contribution >= 0.6 is 0 Å². The SMILES string of the molecule is CCn1c(-c2cccc(C(=O)Nc3ccccc3)c2)nc2cccnc21. The van der Waals surface area contributed by atoms with Gasteiger partial charge >= 0.3 is 0 Å². The third-order valence-corrected chi connectivity index (χ3v) is 4.23. The number of benzene rings is 2. The molecule has 5 nitrogen and oxygen atoms in total. The summed E-state index contributed by atoms with van der Waals surface area (Å²) in [5.41, 5.74) is 3.96. The number of rotatable bonds is 4. The molecular weight excluding hydrogens is 324 g/mol. The number of fused-ring (bicyclic) bond motifs is 1. The second-order valence-corrected chi connectivity index (χ2v) is 5.93. The lowest BCUT2D eigenvalue weighted by atomic mass is 10.1. The zero-order valence-electron chi connectivity index (χ0n) is 14.4. The van der Waals surface area contributed by atoms with Gasteiger partial charge in [-0.1, -0.05) is 30.3 Å². The molecule has 5 heteroatoms. The highest BCUT2D eigenvalue weighted by atomic mass is 16.1. The fourth-order valence-electron chi connectivity index (χ4n) is 3.00. The number of carbonyl (C=O) groups is 1. The minimum absolute atomic E-state index is 0.143. The molecule has 0 saturated carbocycles. The number of aryl methyl sites for hydroxylation is 1. The van der Waals surface area contributed by atoms with Crippen LogP contribution in [-0.2, 0) is 6.54 Å². The number of imidazole rings is 1. The summed E-state index contributed by atoms with van der Waals surface area (Å²) in [5.74, 6) is 0.672. The first-order chi connectivity index (χ1) is 12.8. The van der Waals surface area contributed by atoms with E-state index < -0.39 is 0 Å². The Morgan fingerprint density at radius 3 is 2.69 bits per heavy atom. The molecular formula is C21H18N4O. The third kappa shape index (κ3) is 2.95. The second kappa shape index (κ2) is 6.80. The van der Waals surface area contributed by atoms with Crippen LogP contribution in [0.5, 0.6) is 0 Å². The Balaban J connectivity index is 1.71. The van der Waals surface area contributed by atoms with Crippen LogP contribution in [0.1, 0.15) is 17.3 Å². The molecule has 0 radical (unpaired) electrons. The highest BCUT2D eigenvalue weighted by molar-refractivity contribution is 6.04. The van der Waals surface area contributed by atoms with Gasteiger partial charge in [-0.25, -0.2) is 9.97 Å². The van der Waals surface area contributed by atoms with E-state index in [1.807, 2.05) is 60.7 Å². The van der Waals surface area contributed by atoms with Crippen molar-refractivity contribution in [3.63, 3.8) is 0 Å². The molecule has 2 aromatic heterocycles. The van der Waals surface area contributed by atoms with Crippen molar-refractivity contribution in [3.05, 3.63) is 78.5 Å². The highest BCUT2D eigenvalue weighted by Crippen LogP contribution is 2.24. The van der Waals surface area contributed by atoms with E-state index in [0.717, 1.165) is 34.8 Å². The zero-order valence-corrected chi connectivity index (χ0v) is 14.4. The van der Waals surface area contributed by atoms with E-state index in [0.29, 0.717) is 5.56 Å². The normalized spacial score (nSPS) is 10.8. The molecule has 0 unspecified atom stereocenters. The van der Waals surface area contributed by atoms with E-state index in [-0.39, 0.29) is 5.91 Å². The van der Waals surface area contributed by atoms with E-state index in [1.165, 1.54) is 0 Å². The fraction of sp³-hybridized carbons (Fsp3) is 0.0952. The van der Waals surface area contributed by atoms with E-state index in [1.54, 1.807) is 12.3 Å². The first kappa shape index (κ1) is 16.0. The molecule has 0 bridgehead atoms. The lowest BCUT2D eigenvalue weighted by Gasteiger charge is -2.08. The summed E-state index contributed by atoms with van der Waals surface area (Å²) in [6.07, 6.45) is 1.77. The Morgan fingerprint density at radius 1 is 1.04 bits per heavy atom. The molecule has 0 aliphatic rings. The Bertz CT molecular complexity index is 1070. The van der Waals surface area contributed by atoms with E-state index in [9.17, 15) is 4.79 Å². The maximum Gasteiger partial charge on any atom is 0.255 e. The molecule has 0 spiro atoms. The molecule has 26 heavy (non-hydrogen) atoms. The van der Waals surface area contributed by atoms with Gasteiger partial charge in [-0.3, -0.25) is 4.79 Å². The first-order valence-electron chi connectivity index (χ1n) is 8.54. The van der Waals surface area contributed by atoms with Crippen LogP contribution in [-0.4, -0.2) is 20.4 Å². The van der Waals surface area contributed by atoms with Crippen molar-refractivity contribution in [1.82, 2.24) is 14.5 Å². The summed E-state index contributed by atoms with van der Waals surface area (Å²) in [6, 6.07) is 20.8. The van der Waals surface area contributed by atoms with Crippen molar-refractivity contribution in [2.24, 2.45) is 0 Å². The molecule has 4 aromatic rings. The molecule has 2 aromatic carbocycles. The number of nitrogens with one attached hydrogen (secondary N) is 1. The number of amides is 1. The van der Waals surface area contributed by atoms with Gasteiger partial charge in [0.2, 0.25) is 0 Å². The van der Waals surface area contributed by atoms with Gasteiger partial charge in [0.25, 0.3) is 5.91 Å². The summed E-state index contributed by atoms with van der Waals surface area (Å²) in [5, 5.41) is 2.91. The maximum atomic E-state index is 12.6. The minimum atomic E-state index is -0.143. The van der Waals surface area contributed by atoms with Gasteiger partial charge in [0.1, 0.15) is 11.3 Å². The predicted octanol–water partition coefficient (Wildman–Crippen LogP) is 4.37. The molecule has 4 rings (SSSR count). The molecule has 0 atom stereocenters. The second-order valence-electron chi connectivity index (χ2n) is 5.93. The average Bonchev–Trinajstić information content (AvgIpc) is 3.07. The van der Waals surface area contributed by atoms with Gasteiger partial charge < -0.3 is 9.88 Å². The van der Waals surface area contributed by atoms with E-state index in [2.05, 4.69) is 21.8 Å². The fourth-order valence-corrected chi connectivity index (χ4v) is 3.00. The van der Waals surface area contributed by atoms with Crippen LogP contribution < -0.4 is 5.32 Å². The lowest BCUT2D eigenvalue weighted by molar-refractivity contribution is 0.102. The number of hydrogen-bond donors (Lipinski definition) is 1. The molecule has 0 aliphatic heterocycles. The Hall–Kier alpha value is -3.47. The van der Waals surface area contributed by atoms with E-state index in [4.69, 9.17) is 4.98 Å². The zero-order chi connectivity index (χ0) is 17.9. The lowest BCUT2D eigenvalue weighted by Crippen LogP contribution is -2.12. The van der Waals surface area contributed by atoms with E-state index >= 15 is 0 Å². The van der Waals surface area contributed by atoms with Crippen LogP contribution in [0.3, 0.4) is 0 Å². The molecule has 1 N–H and O–H groups in total. The highest BCUT2D eigenvalue weighted by Gasteiger charge is 2.14. The van der Waals surface area contributed by atoms with Crippen molar-refractivity contribution in [2.45, 2.75) is 13.5 Å². The van der Waals surface area contributed by atoms with Crippen LogP contribution in [0, 0.1) is 0 Å². The number of carbonyl (C=O) groups excluding carboxylic acids is 1. The molecule has 0 aliphatic carbocycles. The van der Waals surface area contributed by atoms with Crippen LogP contribution in [0.4, 0.5) is 5.69 Å². The molecule has 0 saturated heterocycles. The van der Waals surface area contributed by atoms with Crippen molar-refractivity contribution >= 4 is 22.8 Å². The van der Waals surface area contributed by atoms with Crippen LogP contribution in [0.15, 0.2) is 72.9 Å². The Kier molecular flexibility index (Phi) is 4.19. The first-order valence-corrected chi connectivity index (χ1v) is 8.54. The summed E-state index contributed by atoms with van der Waals surface area (Å²) in [6.45, 7) is 2.81. The largest absolute Gasteiger partial charge is 0.322 e. The smallest absolute Gasteiger partial charge is 0.255 e. The summed E-state index contributed by atoms with van der Waals surface area (Å²) in [4.78, 5) is 21.7. The van der Waals surface area contributed by atoms with Crippen molar-refractivity contribution < 1.29 is 4.79 Å². The van der Waals surface area contributed by atoms with Gasteiger partial charge in [0, 0.05) is 29.6 Å². The average molecular weight is 342 g/mol. The molecule has 2 heterocycles. The van der Waals surface area contributed by atoms with Gasteiger partial charge in [-0.2, -0.15) is 0 Å². The van der Waals surface area contributed by atoms with Crippen molar-refractivity contribution in [2.75, 3.05) is 5.32 Å². The van der Waals surface area contributed by atoms with Gasteiger partial charge in [-0.15, -0.1) is 0 Å². The standard InChI is InChI=1S/C21H18N4O/c1-2-25-19(24-18-12-7-13-22-20(18)25)15-8-6-9-16(14-15)21(26)23-17-10-4-3-5-11-17/h3-14H,2H2,1H3,(H,23,26). The quantitative estimate of drug-likeness (QED) is 0.599. The number of pyridine rings is 1. The number of anilines is 1. The number of aromatic nitrogens is 3. The van der Waals surface area contributed by atoms with Gasteiger partial charge in [0.15, 0.2) is 5.65 Å². The van der Waals surface area contributed by atoms with Crippen LogP contribution in [0.2, 0.25) is 0 Å². The predicted molar refractivity (Wildman–Crippen MR) is 103 cm³/mol. The molecule has 1 amide bonds. The summed E-state index contributed by atoms with van der Waals surface area (Å²) >= 11 is 0. The number of para-hydroxylation sites is 1. The third-order valence-electron chi connectivity index (χ3n) is 4.23. The summed E-state index contributed by atoms with van der Waals surface area (Å²) in [7, 11) is 0. The maximum absolute atomic E-state index is 12.6. The minimum Gasteiger partial charge on any atom is -0.322 e.